The van der Waals surface area contributed by atoms with Crippen LogP contribution in [-0.2, 0) is 17.8 Å². The number of rotatable bonds is 5. The number of anilines is 1. The number of aromatic nitrogens is 2. The van der Waals surface area contributed by atoms with Crippen molar-refractivity contribution < 1.29 is 4.79 Å². The van der Waals surface area contributed by atoms with E-state index in [-0.39, 0.29) is 18.0 Å². The van der Waals surface area contributed by atoms with Crippen LogP contribution in [0.15, 0.2) is 77.6 Å². The molecule has 0 unspecified atom stereocenters. The van der Waals surface area contributed by atoms with Gasteiger partial charge in [0.15, 0.2) is 0 Å². The minimum atomic E-state index is -0.275. The Morgan fingerprint density at radius 3 is 2.20 bits per heavy atom. The number of aryl methyl sites for hydroxylation is 2. The number of para-hydroxylation sites is 1. The van der Waals surface area contributed by atoms with Crippen molar-refractivity contribution in [3.63, 3.8) is 0 Å². The van der Waals surface area contributed by atoms with Gasteiger partial charge in [0.2, 0.25) is 5.91 Å². The van der Waals surface area contributed by atoms with Crippen LogP contribution in [0.25, 0.3) is 10.8 Å². The molecule has 1 heterocycles. The summed E-state index contributed by atoms with van der Waals surface area (Å²) in [5.74, 6) is -0.275. The lowest BCUT2D eigenvalue weighted by molar-refractivity contribution is -0.117. The molecule has 0 bridgehead atoms. The summed E-state index contributed by atoms with van der Waals surface area (Å²) in [7, 11) is 0. The molecule has 1 amide bonds. The molecular weight excluding hydrogens is 374 g/mol. The fourth-order valence-corrected chi connectivity index (χ4v) is 3.66. The number of nitrogens with zero attached hydrogens (tertiary/aromatic N) is 2. The van der Waals surface area contributed by atoms with Crippen LogP contribution < -0.4 is 10.9 Å². The summed E-state index contributed by atoms with van der Waals surface area (Å²) >= 11 is 0. The van der Waals surface area contributed by atoms with Crippen molar-refractivity contribution in [2.24, 2.45) is 0 Å². The van der Waals surface area contributed by atoms with E-state index in [0.717, 1.165) is 33.5 Å². The lowest BCUT2D eigenvalue weighted by Crippen LogP contribution is -2.31. The van der Waals surface area contributed by atoms with Crippen LogP contribution >= 0.6 is 0 Å². The van der Waals surface area contributed by atoms with Gasteiger partial charge >= 0.3 is 0 Å². The highest BCUT2D eigenvalue weighted by molar-refractivity contribution is 5.92. The molecule has 4 rings (SSSR count). The number of benzene rings is 3. The molecule has 0 atom stereocenters. The molecule has 0 fully saturated rings. The minimum Gasteiger partial charge on any atom is -0.324 e. The van der Waals surface area contributed by atoms with Crippen molar-refractivity contribution in [1.82, 2.24) is 9.78 Å². The number of fused-ring (bicyclic) bond motifs is 1. The van der Waals surface area contributed by atoms with E-state index in [1.54, 1.807) is 6.07 Å². The van der Waals surface area contributed by atoms with Crippen molar-refractivity contribution in [3.05, 3.63) is 106 Å². The van der Waals surface area contributed by atoms with Crippen LogP contribution in [0.1, 0.15) is 22.4 Å². The maximum absolute atomic E-state index is 13.0. The highest BCUT2D eigenvalue weighted by Gasteiger charge is 2.14. The van der Waals surface area contributed by atoms with Gasteiger partial charge < -0.3 is 5.32 Å². The first kappa shape index (κ1) is 19.6. The fourth-order valence-electron chi connectivity index (χ4n) is 3.66. The number of nitrogens with one attached hydrogen (secondary N) is 1. The largest absolute Gasteiger partial charge is 0.324 e. The smallest absolute Gasteiger partial charge is 0.275 e. The molecule has 0 radical (unpaired) electrons. The van der Waals surface area contributed by atoms with Crippen LogP contribution in [0.2, 0.25) is 0 Å². The Kier molecular flexibility index (Phi) is 5.44. The zero-order chi connectivity index (χ0) is 21.1. The van der Waals surface area contributed by atoms with Crippen LogP contribution in [0.3, 0.4) is 0 Å². The first-order valence-corrected chi connectivity index (χ1v) is 9.91. The van der Waals surface area contributed by atoms with E-state index in [0.29, 0.717) is 11.8 Å². The van der Waals surface area contributed by atoms with Gasteiger partial charge in [-0.1, -0.05) is 66.7 Å². The second-order valence-electron chi connectivity index (χ2n) is 7.43. The summed E-state index contributed by atoms with van der Waals surface area (Å²) in [5.41, 5.74) is 4.34. The highest BCUT2D eigenvalue weighted by atomic mass is 16.2. The molecule has 5 nitrogen and oxygen atoms in total. The molecule has 5 heteroatoms. The standard InChI is InChI=1S/C25H23N3O2/c1-17-9-8-10-18(2)24(17)26-23(29)16-28-25(30)21-14-7-6-13-20(21)22(27-28)15-19-11-4-3-5-12-19/h3-14H,15-16H2,1-2H3,(H,26,29). The summed E-state index contributed by atoms with van der Waals surface area (Å²) < 4.78 is 1.27. The van der Waals surface area contributed by atoms with Gasteiger partial charge in [0.05, 0.1) is 11.1 Å². The van der Waals surface area contributed by atoms with Crippen LogP contribution in [0, 0.1) is 13.8 Å². The van der Waals surface area contributed by atoms with Gasteiger partial charge in [-0.15, -0.1) is 0 Å². The van der Waals surface area contributed by atoms with Crippen LogP contribution in [-0.4, -0.2) is 15.7 Å². The first-order valence-electron chi connectivity index (χ1n) is 9.91. The summed E-state index contributed by atoms with van der Waals surface area (Å²) in [6.45, 7) is 3.75. The fraction of sp³-hybridized carbons (Fsp3) is 0.160. The van der Waals surface area contributed by atoms with E-state index in [2.05, 4.69) is 10.4 Å². The molecular formula is C25H23N3O2. The molecule has 3 aromatic carbocycles. The summed E-state index contributed by atoms with van der Waals surface area (Å²) in [4.78, 5) is 25.7. The Bertz CT molecular complexity index is 1260. The van der Waals surface area contributed by atoms with Gasteiger partial charge in [-0.05, 0) is 36.6 Å². The molecule has 150 valence electrons. The molecule has 0 saturated carbocycles. The number of amides is 1. The zero-order valence-electron chi connectivity index (χ0n) is 17.1. The Balaban J connectivity index is 1.69. The number of hydrogen-bond donors (Lipinski definition) is 1. The normalized spacial score (nSPS) is 10.9. The van der Waals surface area contributed by atoms with Crippen molar-refractivity contribution in [2.75, 3.05) is 5.32 Å². The summed E-state index contributed by atoms with van der Waals surface area (Å²) in [6.07, 6.45) is 0.583. The second kappa shape index (κ2) is 8.33. The van der Waals surface area contributed by atoms with Crippen molar-refractivity contribution >= 4 is 22.4 Å². The summed E-state index contributed by atoms with van der Waals surface area (Å²) in [6, 6.07) is 23.2. The SMILES string of the molecule is Cc1cccc(C)c1NC(=O)Cn1nc(Cc2ccccc2)c2ccccc2c1=O. The predicted octanol–water partition coefficient (Wildman–Crippen LogP) is 4.24. The lowest BCUT2D eigenvalue weighted by atomic mass is 10.0. The number of carbonyl (C=O) groups is 1. The minimum absolute atomic E-state index is 0.140. The van der Waals surface area contributed by atoms with Gasteiger partial charge in [-0.25, -0.2) is 4.68 Å². The van der Waals surface area contributed by atoms with E-state index < -0.39 is 0 Å². The number of hydrogen-bond acceptors (Lipinski definition) is 3. The van der Waals surface area contributed by atoms with Gasteiger partial charge in [-0.2, -0.15) is 5.10 Å². The number of carbonyl (C=O) groups excluding carboxylic acids is 1. The van der Waals surface area contributed by atoms with E-state index in [1.165, 1.54) is 4.68 Å². The molecule has 4 aromatic rings. The Hall–Kier alpha value is -3.73. The van der Waals surface area contributed by atoms with Crippen molar-refractivity contribution in [3.8, 4) is 0 Å². The van der Waals surface area contributed by atoms with Gasteiger partial charge in [0.1, 0.15) is 6.54 Å². The zero-order valence-corrected chi connectivity index (χ0v) is 17.1. The molecule has 0 aliphatic carbocycles. The first-order chi connectivity index (χ1) is 14.5. The monoisotopic (exact) mass is 397 g/mol. The van der Waals surface area contributed by atoms with Gasteiger partial charge in [-0.3, -0.25) is 9.59 Å². The molecule has 0 saturated heterocycles. The molecule has 0 aliphatic heterocycles. The second-order valence-corrected chi connectivity index (χ2v) is 7.43. The third kappa shape index (κ3) is 4.01. The van der Waals surface area contributed by atoms with Crippen molar-refractivity contribution in [2.45, 2.75) is 26.8 Å². The summed E-state index contributed by atoms with van der Waals surface area (Å²) in [5, 5.41) is 8.88. The van der Waals surface area contributed by atoms with Crippen LogP contribution in [0.4, 0.5) is 5.69 Å². The molecule has 30 heavy (non-hydrogen) atoms. The average molecular weight is 397 g/mol. The average Bonchev–Trinajstić information content (AvgIpc) is 2.75. The van der Waals surface area contributed by atoms with E-state index in [4.69, 9.17) is 0 Å². The lowest BCUT2D eigenvalue weighted by Gasteiger charge is -2.13. The maximum Gasteiger partial charge on any atom is 0.275 e. The van der Waals surface area contributed by atoms with Gasteiger partial charge in [0, 0.05) is 17.5 Å². The molecule has 1 aromatic heterocycles. The highest BCUT2D eigenvalue weighted by Crippen LogP contribution is 2.20. The van der Waals surface area contributed by atoms with Crippen LogP contribution in [0.5, 0.6) is 0 Å². The Morgan fingerprint density at radius 1 is 0.867 bits per heavy atom. The Labute approximate surface area is 175 Å². The van der Waals surface area contributed by atoms with E-state index in [9.17, 15) is 9.59 Å². The quantitative estimate of drug-likeness (QED) is 0.548. The molecule has 0 aliphatic rings. The molecule has 0 spiro atoms. The predicted molar refractivity (Wildman–Crippen MR) is 120 cm³/mol. The molecule has 1 N–H and O–H groups in total. The topological polar surface area (TPSA) is 64.0 Å². The third-order valence-corrected chi connectivity index (χ3v) is 5.20. The maximum atomic E-state index is 13.0. The van der Waals surface area contributed by atoms with E-state index >= 15 is 0 Å². The van der Waals surface area contributed by atoms with Gasteiger partial charge in [0.25, 0.3) is 5.56 Å². The third-order valence-electron chi connectivity index (χ3n) is 5.20. The Morgan fingerprint density at radius 2 is 1.50 bits per heavy atom. The van der Waals surface area contributed by atoms with E-state index in [1.807, 2.05) is 80.6 Å². The van der Waals surface area contributed by atoms with Crippen molar-refractivity contribution in [1.29, 1.82) is 0 Å².